The van der Waals surface area contributed by atoms with Gasteiger partial charge < -0.3 is 48.9 Å². The quantitative estimate of drug-likeness (QED) is 0.0890. The van der Waals surface area contributed by atoms with Crippen LogP contribution < -0.4 is 33.6 Å². The van der Waals surface area contributed by atoms with Crippen molar-refractivity contribution in [3.8, 4) is 0 Å². The average Bonchev–Trinajstić information content (AvgIpc) is 3.38. The van der Waals surface area contributed by atoms with Crippen LogP contribution in [0.3, 0.4) is 0 Å². The zero-order chi connectivity index (χ0) is 31.9. The zero-order valence-electron chi connectivity index (χ0n) is 25.4. The number of nitrogens with two attached hydrogens (primary N) is 4. The first-order valence-corrected chi connectivity index (χ1v) is 15.1. The van der Waals surface area contributed by atoms with E-state index >= 15 is 0 Å². The van der Waals surface area contributed by atoms with E-state index in [4.69, 9.17) is 22.9 Å². The number of aliphatic hydroxyl groups is 2. The van der Waals surface area contributed by atoms with Gasteiger partial charge in [-0.15, -0.1) is 0 Å². The molecule has 0 bridgehead atoms. The topological polar surface area (TPSA) is 265 Å². The summed E-state index contributed by atoms with van der Waals surface area (Å²) in [6, 6.07) is -2.52. The van der Waals surface area contributed by atoms with Crippen molar-refractivity contribution >= 4 is 29.7 Å². The molecule has 0 radical (unpaired) electrons. The highest BCUT2D eigenvalue weighted by Crippen LogP contribution is 2.42. The van der Waals surface area contributed by atoms with Gasteiger partial charge in [0.2, 0.25) is 11.8 Å². The third kappa shape index (κ3) is 8.03. The molecule has 2 saturated carbocycles. The van der Waals surface area contributed by atoms with E-state index in [0.717, 1.165) is 12.8 Å². The number of amides is 2. The number of hydrogen-bond donors (Lipinski definition) is 9. The molecule has 2 rings (SSSR count). The molecule has 0 aromatic carbocycles. The van der Waals surface area contributed by atoms with Gasteiger partial charge in [-0.3, -0.25) is 14.4 Å². The van der Waals surface area contributed by atoms with Crippen LogP contribution in [0.4, 0.5) is 0 Å². The second-order valence-corrected chi connectivity index (χ2v) is 11.8. The number of guanidine groups is 2. The number of nitrogens with zero attached hydrogens (tertiary/aromatic N) is 2. The smallest absolute Gasteiger partial charge is 0.309 e. The minimum absolute atomic E-state index is 0.00583. The molecule has 42 heavy (non-hydrogen) atoms. The van der Waals surface area contributed by atoms with E-state index in [1.165, 1.54) is 6.92 Å². The molecular weight excluding hydrogens is 544 g/mol. The van der Waals surface area contributed by atoms with Gasteiger partial charge in [-0.25, -0.2) is 9.98 Å². The van der Waals surface area contributed by atoms with Gasteiger partial charge in [0.1, 0.15) is 0 Å². The summed E-state index contributed by atoms with van der Waals surface area (Å²) >= 11 is 0. The fourth-order valence-electron chi connectivity index (χ4n) is 7.33. The van der Waals surface area contributed by atoms with E-state index in [-0.39, 0.29) is 42.5 Å². The van der Waals surface area contributed by atoms with Crippen LogP contribution in [-0.4, -0.2) is 81.4 Å². The molecule has 14 heteroatoms. The molecule has 13 N–H and O–H groups in total. The van der Waals surface area contributed by atoms with Crippen molar-refractivity contribution in [1.82, 2.24) is 10.6 Å². The fraction of sp³-hybridized carbons (Fsp3) is 0.821. The summed E-state index contributed by atoms with van der Waals surface area (Å²) in [7, 11) is 0. The Balaban J connectivity index is 2.51. The normalized spacial score (nSPS) is 30.5. The number of aliphatic imine (C=N–C) groups is 2. The third-order valence-electron chi connectivity index (χ3n) is 9.40. The van der Waals surface area contributed by atoms with Crippen molar-refractivity contribution in [2.45, 2.75) is 110 Å². The van der Waals surface area contributed by atoms with E-state index in [0.29, 0.717) is 12.8 Å². The summed E-state index contributed by atoms with van der Waals surface area (Å²) < 4.78 is 0. The van der Waals surface area contributed by atoms with Crippen molar-refractivity contribution in [2.75, 3.05) is 0 Å². The SMILES string of the molecule is CCC(CC)C(NC(C)=O)[C@@H]1[C@H](O)[C@@H](C(=O)N[C@@H](C(CC)CC)[C@H]2[C@@H](O)[C@H](C(=O)O)C[C@@H]2N=C(N)N)C[C@H]1N=C(N)N. The first-order valence-electron chi connectivity index (χ1n) is 15.1. The second kappa shape index (κ2) is 15.4. The molecule has 2 aliphatic rings. The number of carbonyl (C=O) groups excluding carboxylic acids is 2. The third-order valence-corrected chi connectivity index (χ3v) is 9.40. The van der Waals surface area contributed by atoms with Crippen LogP contribution in [0, 0.1) is 35.5 Å². The standard InChI is InChI=1S/C28H52N8O6/c1-6-13(7-2)21(33-12(5)37)19-17(34-27(29)30)10-15(23(19)38)25(40)36-22(14(8-3)9-4)20-18(35-28(31)32)11-16(24(20)39)26(41)42/h13-24,38-39H,6-11H2,1-5H3,(H,33,37)(H,36,40)(H,41,42)(H4,29,30,34)(H4,31,32,35)/t15-,16+,17+,18-,19+,20-,21?,22-,23+,24-/m0/s1. The van der Waals surface area contributed by atoms with E-state index < -0.39 is 71.9 Å². The van der Waals surface area contributed by atoms with Crippen LogP contribution in [-0.2, 0) is 14.4 Å². The van der Waals surface area contributed by atoms with Crippen LogP contribution in [0.25, 0.3) is 0 Å². The summed E-state index contributed by atoms with van der Waals surface area (Å²) in [6.45, 7) is 9.29. The summed E-state index contributed by atoms with van der Waals surface area (Å²) in [5.41, 5.74) is 22.8. The summed E-state index contributed by atoms with van der Waals surface area (Å²) in [5.74, 6) is -5.92. The first kappa shape index (κ1) is 35.1. The lowest BCUT2D eigenvalue weighted by Gasteiger charge is -2.37. The molecule has 0 aromatic rings. The first-order chi connectivity index (χ1) is 19.7. The van der Waals surface area contributed by atoms with Gasteiger partial charge in [-0.1, -0.05) is 53.4 Å². The van der Waals surface area contributed by atoms with Crippen LogP contribution in [0.2, 0.25) is 0 Å². The van der Waals surface area contributed by atoms with E-state index in [1.54, 1.807) is 0 Å². The molecule has 2 amide bonds. The van der Waals surface area contributed by atoms with Gasteiger partial charge >= 0.3 is 5.97 Å². The minimum Gasteiger partial charge on any atom is -0.481 e. The number of carboxylic acids is 1. The highest BCUT2D eigenvalue weighted by atomic mass is 16.4. The molecule has 10 atom stereocenters. The molecule has 1 unspecified atom stereocenters. The molecule has 0 heterocycles. The zero-order valence-corrected chi connectivity index (χ0v) is 25.4. The van der Waals surface area contributed by atoms with Crippen molar-refractivity contribution < 1.29 is 29.7 Å². The molecule has 2 fully saturated rings. The molecule has 2 aliphatic carbocycles. The van der Waals surface area contributed by atoms with Crippen LogP contribution in [0.1, 0.15) is 73.1 Å². The van der Waals surface area contributed by atoms with Crippen molar-refractivity contribution in [3.05, 3.63) is 0 Å². The maximum absolute atomic E-state index is 14.0. The molecule has 240 valence electrons. The van der Waals surface area contributed by atoms with Crippen LogP contribution in [0.5, 0.6) is 0 Å². The number of aliphatic hydroxyl groups excluding tert-OH is 2. The molecule has 14 nitrogen and oxygen atoms in total. The lowest BCUT2D eigenvalue weighted by atomic mass is 9.79. The minimum atomic E-state index is -1.31. The Kier molecular flexibility index (Phi) is 12.8. The lowest BCUT2D eigenvalue weighted by molar-refractivity contribution is -0.145. The summed E-state index contributed by atoms with van der Waals surface area (Å²) in [6.07, 6.45) is 0.352. The summed E-state index contributed by atoms with van der Waals surface area (Å²) in [5, 5.41) is 38.6. The summed E-state index contributed by atoms with van der Waals surface area (Å²) in [4.78, 5) is 46.7. The van der Waals surface area contributed by atoms with Gasteiger partial charge in [0, 0.05) is 30.8 Å². The number of carbonyl (C=O) groups is 3. The fourth-order valence-corrected chi connectivity index (χ4v) is 7.33. The number of rotatable bonds is 14. The van der Waals surface area contributed by atoms with Crippen LogP contribution in [0.15, 0.2) is 9.98 Å². The van der Waals surface area contributed by atoms with Crippen LogP contribution >= 0.6 is 0 Å². The molecule has 0 aliphatic heterocycles. The Morgan fingerprint density at radius 2 is 1.12 bits per heavy atom. The predicted molar refractivity (Wildman–Crippen MR) is 160 cm³/mol. The average molecular weight is 597 g/mol. The predicted octanol–water partition coefficient (Wildman–Crippen LogP) is -0.789. The second-order valence-electron chi connectivity index (χ2n) is 11.8. The van der Waals surface area contributed by atoms with E-state index in [9.17, 15) is 29.7 Å². The number of aliphatic carboxylic acids is 1. The lowest BCUT2D eigenvalue weighted by Crippen LogP contribution is -2.54. The van der Waals surface area contributed by atoms with Gasteiger partial charge in [0.05, 0.1) is 36.1 Å². The maximum Gasteiger partial charge on any atom is 0.309 e. The number of hydrogen-bond acceptors (Lipinski definition) is 7. The highest BCUT2D eigenvalue weighted by molar-refractivity contribution is 5.81. The largest absolute Gasteiger partial charge is 0.481 e. The van der Waals surface area contributed by atoms with Gasteiger partial charge in [0.15, 0.2) is 11.9 Å². The Labute approximate surface area is 248 Å². The van der Waals surface area contributed by atoms with Gasteiger partial charge in [-0.05, 0) is 24.7 Å². The van der Waals surface area contributed by atoms with E-state index in [2.05, 4.69) is 20.6 Å². The maximum atomic E-state index is 14.0. The Bertz CT molecular complexity index is 993. The Hall–Kier alpha value is -3.13. The van der Waals surface area contributed by atoms with Crippen molar-refractivity contribution in [1.29, 1.82) is 0 Å². The van der Waals surface area contributed by atoms with E-state index in [1.807, 2.05) is 27.7 Å². The molecular formula is C28H52N8O6. The highest BCUT2D eigenvalue weighted by Gasteiger charge is 2.54. The molecule has 0 saturated heterocycles. The van der Waals surface area contributed by atoms with Crippen molar-refractivity contribution in [2.24, 2.45) is 68.4 Å². The molecule has 0 aromatic heterocycles. The van der Waals surface area contributed by atoms with Gasteiger partial charge in [0.25, 0.3) is 0 Å². The number of carboxylic acid groups (broad SMARTS) is 1. The number of nitrogens with one attached hydrogen (secondary N) is 2. The Morgan fingerprint density at radius 3 is 1.48 bits per heavy atom. The Morgan fingerprint density at radius 1 is 0.738 bits per heavy atom. The monoisotopic (exact) mass is 596 g/mol. The van der Waals surface area contributed by atoms with Gasteiger partial charge in [-0.2, -0.15) is 0 Å². The van der Waals surface area contributed by atoms with Crippen molar-refractivity contribution in [3.63, 3.8) is 0 Å². The molecule has 0 spiro atoms.